The number of hydrogen-bond acceptors (Lipinski definition) is 3. The molecule has 0 unspecified atom stereocenters. The molecule has 7 heteroatoms. The van der Waals surface area contributed by atoms with Crippen LogP contribution < -0.4 is 15.4 Å². The third-order valence-corrected chi connectivity index (χ3v) is 2.10. The van der Waals surface area contributed by atoms with Crippen LogP contribution in [0.4, 0.5) is 18.9 Å². The number of halogens is 3. The minimum Gasteiger partial charge on any atom is -0.404 e. The molecule has 1 amide bonds. The fourth-order valence-corrected chi connectivity index (χ4v) is 1.36. The number of hydrogen-bond donors (Lipinski definition) is 2. The number of carbonyl (C=O) groups is 1. The minimum absolute atomic E-state index is 0.0110. The molecule has 0 saturated carbocycles. The van der Waals surface area contributed by atoms with Gasteiger partial charge in [0.2, 0.25) is 5.91 Å². The number of para-hydroxylation sites is 2. The van der Waals surface area contributed by atoms with Gasteiger partial charge in [0.05, 0.1) is 12.2 Å². The van der Waals surface area contributed by atoms with E-state index in [1.54, 1.807) is 0 Å². The van der Waals surface area contributed by atoms with Crippen molar-refractivity contribution in [3.05, 3.63) is 24.3 Å². The van der Waals surface area contributed by atoms with E-state index in [0.717, 1.165) is 12.5 Å². The van der Waals surface area contributed by atoms with Crippen molar-refractivity contribution in [1.82, 2.24) is 5.32 Å². The number of amides is 1. The van der Waals surface area contributed by atoms with Gasteiger partial charge in [0.15, 0.2) is 5.75 Å². The summed E-state index contributed by atoms with van der Waals surface area (Å²) in [6.45, 7) is 2.64. The highest BCUT2D eigenvalue weighted by Gasteiger charge is 2.32. The molecule has 0 heterocycles. The number of anilines is 1. The van der Waals surface area contributed by atoms with Crippen LogP contribution in [0.15, 0.2) is 24.3 Å². The van der Waals surface area contributed by atoms with Crippen molar-refractivity contribution in [1.29, 1.82) is 0 Å². The summed E-state index contributed by atoms with van der Waals surface area (Å²) in [5.74, 6) is -0.856. The molecule has 4 nitrogen and oxygen atoms in total. The highest BCUT2D eigenvalue weighted by molar-refractivity contribution is 5.93. The monoisotopic (exact) mass is 276 g/mol. The molecule has 19 heavy (non-hydrogen) atoms. The van der Waals surface area contributed by atoms with Crippen LogP contribution in [0.3, 0.4) is 0 Å². The summed E-state index contributed by atoms with van der Waals surface area (Å²) < 4.78 is 40.3. The lowest BCUT2D eigenvalue weighted by molar-refractivity contribution is -0.274. The summed E-state index contributed by atoms with van der Waals surface area (Å²) in [6.07, 6.45) is -3.93. The molecule has 1 aromatic carbocycles. The maximum absolute atomic E-state index is 12.2. The SMILES string of the molecule is CCCNCC(=O)Nc1ccccc1OC(F)(F)F. The molecule has 2 N–H and O–H groups in total. The number of benzene rings is 1. The van der Waals surface area contributed by atoms with Gasteiger partial charge in [0.1, 0.15) is 0 Å². The van der Waals surface area contributed by atoms with Gasteiger partial charge >= 0.3 is 6.36 Å². The van der Waals surface area contributed by atoms with Crippen molar-refractivity contribution in [3.8, 4) is 5.75 Å². The fraction of sp³-hybridized carbons (Fsp3) is 0.417. The van der Waals surface area contributed by atoms with Gasteiger partial charge in [-0.1, -0.05) is 19.1 Å². The van der Waals surface area contributed by atoms with E-state index in [-0.39, 0.29) is 12.2 Å². The van der Waals surface area contributed by atoms with Gasteiger partial charge in [-0.25, -0.2) is 0 Å². The van der Waals surface area contributed by atoms with Crippen molar-refractivity contribution in [3.63, 3.8) is 0 Å². The maximum atomic E-state index is 12.2. The Morgan fingerprint density at radius 2 is 2.00 bits per heavy atom. The van der Waals surface area contributed by atoms with E-state index in [9.17, 15) is 18.0 Å². The van der Waals surface area contributed by atoms with Crippen LogP contribution in [0.2, 0.25) is 0 Å². The standard InChI is InChI=1S/C12H15F3N2O2/c1-2-7-16-8-11(18)17-9-5-3-4-6-10(9)19-12(13,14)15/h3-6,16H,2,7-8H2,1H3,(H,17,18). The summed E-state index contributed by atoms with van der Waals surface area (Å²) in [5.41, 5.74) is -0.0110. The Balaban J connectivity index is 2.64. The zero-order valence-electron chi connectivity index (χ0n) is 10.4. The lowest BCUT2D eigenvalue weighted by atomic mass is 10.3. The van der Waals surface area contributed by atoms with Crippen LogP contribution in [0.5, 0.6) is 5.75 Å². The lowest BCUT2D eigenvalue weighted by Gasteiger charge is -2.13. The zero-order valence-corrected chi connectivity index (χ0v) is 10.4. The Morgan fingerprint density at radius 3 is 2.63 bits per heavy atom. The average molecular weight is 276 g/mol. The Labute approximate surface area is 108 Å². The molecular weight excluding hydrogens is 261 g/mol. The Bertz CT molecular complexity index is 422. The molecule has 0 radical (unpaired) electrons. The molecule has 0 aliphatic heterocycles. The summed E-state index contributed by atoms with van der Waals surface area (Å²) >= 11 is 0. The van der Waals surface area contributed by atoms with Crippen molar-refractivity contribution in [2.75, 3.05) is 18.4 Å². The largest absolute Gasteiger partial charge is 0.573 e. The van der Waals surface area contributed by atoms with Crippen LogP contribution in [0, 0.1) is 0 Å². The third kappa shape index (κ3) is 6.10. The van der Waals surface area contributed by atoms with Gasteiger partial charge in [-0.2, -0.15) is 0 Å². The predicted molar refractivity (Wildman–Crippen MR) is 64.9 cm³/mol. The second-order valence-electron chi connectivity index (χ2n) is 3.77. The van der Waals surface area contributed by atoms with E-state index in [2.05, 4.69) is 15.4 Å². The van der Waals surface area contributed by atoms with E-state index in [4.69, 9.17) is 0 Å². The average Bonchev–Trinajstić information content (AvgIpc) is 2.30. The molecule has 0 bridgehead atoms. The number of carbonyl (C=O) groups excluding carboxylic acids is 1. The molecule has 106 valence electrons. The van der Waals surface area contributed by atoms with Crippen LogP contribution >= 0.6 is 0 Å². The Hall–Kier alpha value is -1.76. The molecule has 0 atom stereocenters. The molecule has 1 rings (SSSR count). The molecule has 0 saturated heterocycles. The van der Waals surface area contributed by atoms with E-state index >= 15 is 0 Å². The number of alkyl halides is 3. The number of ether oxygens (including phenoxy) is 1. The quantitative estimate of drug-likeness (QED) is 0.785. The van der Waals surface area contributed by atoms with Crippen LogP contribution in [-0.2, 0) is 4.79 Å². The van der Waals surface area contributed by atoms with Gasteiger partial charge in [-0.15, -0.1) is 13.2 Å². The zero-order chi connectivity index (χ0) is 14.3. The second-order valence-corrected chi connectivity index (χ2v) is 3.77. The van der Waals surface area contributed by atoms with Crippen LogP contribution in [-0.4, -0.2) is 25.4 Å². The molecule has 0 aliphatic rings. The van der Waals surface area contributed by atoms with Gasteiger partial charge in [0, 0.05) is 0 Å². The topological polar surface area (TPSA) is 50.4 Å². The predicted octanol–water partition coefficient (Wildman–Crippen LogP) is 2.52. The van der Waals surface area contributed by atoms with Crippen molar-refractivity contribution >= 4 is 11.6 Å². The Morgan fingerprint density at radius 1 is 1.32 bits per heavy atom. The summed E-state index contributed by atoms with van der Waals surface area (Å²) in [7, 11) is 0. The Kier molecular flexibility index (Phi) is 5.62. The smallest absolute Gasteiger partial charge is 0.404 e. The number of rotatable bonds is 6. The molecular formula is C12H15F3N2O2. The van der Waals surface area contributed by atoms with Crippen molar-refractivity contribution < 1.29 is 22.7 Å². The van der Waals surface area contributed by atoms with Gasteiger partial charge in [-0.3, -0.25) is 4.79 Å². The summed E-state index contributed by atoms with van der Waals surface area (Å²) in [5, 5.41) is 5.21. The van der Waals surface area contributed by atoms with E-state index in [0.29, 0.717) is 6.54 Å². The third-order valence-electron chi connectivity index (χ3n) is 2.10. The van der Waals surface area contributed by atoms with Crippen LogP contribution in [0.25, 0.3) is 0 Å². The second kappa shape index (κ2) is 6.98. The van der Waals surface area contributed by atoms with E-state index in [1.165, 1.54) is 18.2 Å². The number of nitrogens with one attached hydrogen (secondary N) is 2. The van der Waals surface area contributed by atoms with Crippen molar-refractivity contribution in [2.45, 2.75) is 19.7 Å². The first kappa shape index (κ1) is 15.3. The molecule has 0 spiro atoms. The lowest BCUT2D eigenvalue weighted by Crippen LogP contribution is -2.29. The van der Waals surface area contributed by atoms with E-state index in [1.807, 2.05) is 6.92 Å². The molecule has 1 aromatic rings. The fourth-order valence-electron chi connectivity index (χ4n) is 1.36. The normalized spacial score (nSPS) is 11.2. The highest BCUT2D eigenvalue weighted by Crippen LogP contribution is 2.29. The molecule has 0 fully saturated rings. The van der Waals surface area contributed by atoms with E-state index < -0.39 is 18.0 Å². The summed E-state index contributed by atoms with van der Waals surface area (Å²) in [6, 6.07) is 5.39. The molecule has 0 aromatic heterocycles. The summed E-state index contributed by atoms with van der Waals surface area (Å²) in [4.78, 5) is 11.5. The molecule has 0 aliphatic carbocycles. The van der Waals surface area contributed by atoms with Gasteiger partial charge in [0.25, 0.3) is 0 Å². The van der Waals surface area contributed by atoms with Crippen molar-refractivity contribution in [2.24, 2.45) is 0 Å². The first-order valence-corrected chi connectivity index (χ1v) is 5.77. The van der Waals surface area contributed by atoms with Crippen LogP contribution in [0.1, 0.15) is 13.3 Å². The minimum atomic E-state index is -4.79. The van der Waals surface area contributed by atoms with Gasteiger partial charge in [-0.05, 0) is 25.1 Å². The first-order valence-electron chi connectivity index (χ1n) is 5.77. The maximum Gasteiger partial charge on any atom is 0.573 e. The highest BCUT2D eigenvalue weighted by atomic mass is 19.4. The van der Waals surface area contributed by atoms with Gasteiger partial charge < -0.3 is 15.4 Å². The first-order chi connectivity index (χ1) is 8.92.